The Morgan fingerprint density at radius 3 is 1.65 bits per heavy atom. The molecule has 380 valence electrons. The predicted molar refractivity (Wildman–Crippen MR) is 271 cm³/mol. The Labute approximate surface area is 415 Å². The van der Waals surface area contributed by atoms with Crippen LogP contribution in [0.2, 0.25) is 0 Å². The fourth-order valence-electron chi connectivity index (χ4n) is 6.44. The molecule has 0 aliphatic heterocycles. The number of carbonyl (C=O) groups is 4. The lowest BCUT2D eigenvalue weighted by Gasteiger charge is -2.30. The van der Waals surface area contributed by atoms with Crippen LogP contribution >= 0.6 is 7.60 Å². The number of para-hydroxylation sites is 2. The van der Waals surface area contributed by atoms with E-state index in [2.05, 4.69) is 31.0 Å². The number of nitrogens with zero attached hydrogens (tertiary/aromatic N) is 1. The Morgan fingerprint density at radius 1 is 0.620 bits per heavy atom. The van der Waals surface area contributed by atoms with Gasteiger partial charge in [-0.25, -0.2) is 27.6 Å². The highest BCUT2D eigenvalue weighted by Gasteiger charge is 2.42. The van der Waals surface area contributed by atoms with E-state index in [4.69, 9.17) is 23.3 Å². The van der Waals surface area contributed by atoms with E-state index in [0.29, 0.717) is 16.3 Å². The van der Waals surface area contributed by atoms with Crippen LogP contribution in [0.15, 0.2) is 137 Å². The first-order valence-electron chi connectivity index (χ1n) is 22.7. The number of fused-ring (bicyclic) bond motifs is 1. The summed E-state index contributed by atoms with van der Waals surface area (Å²) in [5, 5.41) is 11.4. The van der Waals surface area contributed by atoms with Crippen LogP contribution in [0.1, 0.15) is 74.8 Å². The maximum absolute atomic E-state index is 15.4. The molecule has 0 aliphatic rings. The number of benzene rings is 5. The number of ether oxygens (including phenoxy) is 3. The molecule has 0 saturated heterocycles. The van der Waals surface area contributed by atoms with Gasteiger partial charge in [0.2, 0.25) is 27.8 Å². The number of aliphatic imine (C=N–C) groups is 1. The molecule has 20 heteroatoms. The fraction of sp³-hybridized carbons (Fsp3) is 0.353. The number of nitrogens with one attached hydrogen (secondary N) is 5. The topological polar surface area (TPSA) is 238 Å². The summed E-state index contributed by atoms with van der Waals surface area (Å²) in [5.74, 6) is -3.10. The van der Waals surface area contributed by atoms with Gasteiger partial charge >= 0.3 is 19.8 Å². The van der Waals surface area contributed by atoms with Gasteiger partial charge in [-0.3, -0.25) is 20.2 Å². The van der Waals surface area contributed by atoms with Crippen molar-refractivity contribution in [3.05, 3.63) is 133 Å². The second-order valence-corrected chi connectivity index (χ2v) is 23.0. The monoisotopic (exact) mass is 1010 g/mol. The molecule has 0 radical (unpaired) electrons. The first-order chi connectivity index (χ1) is 33.2. The maximum atomic E-state index is 15.4. The first-order valence-corrected chi connectivity index (χ1v) is 25.8. The van der Waals surface area contributed by atoms with Crippen molar-refractivity contribution in [1.29, 1.82) is 0 Å². The molecule has 71 heavy (non-hydrogen) atoms. The molecule has 0 spiro atoms. The molecule has 5 aromatic carbocycles. The zero-order chi connectivity index (χ0) is 52.2. The minimum atomic E-state index is -4.50. The van der Waals surface area contributed by atoms with Gasteiger partial charge in [0.25, 0.3) is 0 Å². The number of hydrogen-bond acceptors (Lipinski definition) is 13. The largest absolute Gasteiger partial charge is 0.453 e. The Balaban J connectivity index is 1.46. The van der Waals surface area contributed by atoms with Crippen LogP contribution < -0.4 is 35.0 Å². The van der Waals surface area contributed by atoms with E-state index in [9.17, 15) is 27.6 Å². The fourth-order valence-corrected chi connectivity index (χ4v) is 9.69. The van der Waals surface area contributed by atoms with Crippen molar-refractivity contribution >= 4 is 64.0 Å². The second-order valence-electron chi connectivity index (χ2n) is 19.3. The van der Waals surface area contributed by atoms with E-state index < -0.39 is 82.9 Å². The van der Waals surface area contributed by atoms with Crippen molar-refractivity contribution in [2.24, 2.45) is 4.99 Å². The number of carbonyl (C=O) groups excluding carboxylic acids is 4. The van der Waals surface area contributed by atoms with Gasteiger partial charge in [-0.1, -0.05) is 84.9 Å². The molecule has 3 atom stereocenters. The Kier molecular flexibility index (Phi) is 18.2. The van der Waals surface area contributed by atoms with Crippen LogP contribution in [-0.4, -0.2) is 79.7 Å². The Morgan fingerprint density at radius 2 is 1.13 bits per heavy atom. The summed E-state index contributed by atoms with van der Waals surface area (Å²) in [6.45, 7) is 16.3. The molecule has 0 bridgehead atoms. The number of hydrogen-bond donors (Lipinski definition) is 5. The maximum Gasteiger partial charge on any atom is 0.453 e. The minimum Gasteiger partial charge on any atom is -0.444 e. The van der Waals surface area contributed by atoms with E-state index >= 15 is 4.57 Å². The molecule has 18 nitrogen and oxygen atoms in total. The van der Waals surface area contributed by atoms with Crippen molar-refractivity contribution in [2.45, 2.75) is 115 Å². The molecule has 5 aromatic rings. The molecule has 5 N–H and O–H groups in total. The number of rotatable bonds is 17. The summed E-state index contributed by atoms with van der Waals surface area (Å²) in [6, 6.07) is 31.6. The van der Waals surface area contributed by atoms with Crippen molar-refractivity contribution < 1.29 is 55.4 Å². The lowest BCUT2D eigenvalue weighted by atomic mass is 10.1. The Hall–Kier alpha value is -6.79. The number of sulfonamides is 1. The summed E-state index contributed by atoms with van der Waals surface area (Å²) in [7, 11) is -8.84. The van der Waals surface area contributed by atoms with Gasteiger partial charge in [0.15, 0.2) is 5.78 Å². The van der Waals surface area contributed by atoms with E-state index in [-0.39, 0.29) is 34.5 Å². The highest BCUT2D eigenvalue weighted by Crippen LogP contribution is 2.53. The third kappa shape index (κ3) is 17.8. The molecule has 0 aliphatic carbocycles. The molecular weight excluding hydrogens is 952 g/mol. The average molecular weight is 1020 g/mol. The lowest BCUT2D eigenvalue weighted by molar-refractivity contribution is -0.131. The Bertz CT molecular complexity index is 2750. The van der Waals surface area contributed by atoms with E-state index in [0.717, 1.165) is 0 Å². The quantitative estimate of drug-likeness (QED) is 0.0334. The molecule has 4 amide bonds. The third-order valence-electron chi connectivity index (χ3n) is 9.58. The summed E-state index contributed by atoms with van der Waals surface area (Å²) in [6.07, 6.45) is -1.97. The van der Waals surface area contributed by atoms with E-state index in [1.54, 1.807) is 184 Å². The smallest absolute Gasteiger partial charge is 0.444 e. The van der Waals surface area contributed by atoms with Gasteiger partial charge in [0.1, 0.15) is 34.8 Å². The van der Waals surface area contributed by atoms with Gasteiger partial charge in [-0.2, -0.15) is 4.72 Å². The van der Waals surface area contributed by atoms with Crippen molar-refractivity contribution in [1.82, 2.24) is 26.0 Å². The van der Waals surface area contributed by atoms with Gasteiger partial charge in [0, 0.05) is 11.8 Å². The molecule has 1 unspecified atom stereocenters. The number of amides is 4. The van der Waals surface area contributed by atoms with Crippen LogP contribution in [0.5, 0.6) is 11.5 Å². The van der Waals surface area contributed by atoms with Crippen molar-refractivity contribution in [3.8, 4) is 11.5 Å². The van der Waals surface area contributed by atoms with Gasteiger partial charge in [0.05, 0.1) is 22.8 Å². The molecule has 5 rings (SSSR count). The SMILES string of the molecule is C[C@H](NC(=O)[C@@H](COC(C)(C)C)NS(=O)(=O)c1cccc2ccccc12)C(=O)NC(Cc1ccc(N=C(NC(=O)OC(C)(C)C)NC(=O)OC(C)(C)C)cc1)P(=O)(Oc1ccccc1)Oc1ccccc1. The summed E-state index contributed by atoms with van der Waals surface area (Å²) in [4.78, 5) is 58.2. The lowest BCUT2D eigenvalue weighted by Crippen LogP contribution is -2.55. The van der Waals surface area contributed by atoms with Crippen molar-refractivity contribution in [3.63, 3.8) is 0 Å². The zero-order valence-electron chi connectivity index (χ0n) is 41.5. The van der Waals surface area contributed by atoms with Crippen LogP contribution in [0.25, 0.3) is 10.8 Å². The highest BCUT2D eigenvalue weighted by molar-refractivity contribution is 7.89. The molecular formula is C51H63N6O12PS. The van der Waals surface area contributed by atoms with Crippen LogP contribution in [0.4, 0.5) is 15.3 Å². The summed E-state index contributed by atoms with van der Waals surface area (Å²) >= 11 is 0. The molecule has 0 heterocycles. The predicted octanol–water partition coefficient (Wildman–Crippen LogP) is 8.88. The molecule has 0 saturated carbocycles. The third-order valence-corrected chi connectivity index (χ3v) is 13.1. The van der Waals surface area contributed by atoms with Crippen LogP contribution in [-0.2, 0) is 44.8 Å². The number of guanidine groups is 1. The second kappa shape index (κ2) is 23.4. The highest BCUT2D eigenvalue weighted by atomic mass is 32.2. The molecule has 0 fully saturated rings. The zero-order valence-corrected chi connectivity index (χ0v) is 43.2. The van der Waals surface area contributed by atoms with Crippen LogP contribution in [0, 0.1) is 0 Å². The summed E-state index contributed by atoms with van der Waals surface area (Å²) in [5.41, 5.74) is -1.77. The minimum absolute atomic E-state index is 0.0550. The van der Waals surface area contributed by atoms with Crippen LogP contribution in [0.3, 0.4) is 0 Å². The molecule has 0 aromatic heterocycles. The number of alkyl carbamates (subject to hydrolysis) is 2. The van der Waals surface area contributed by atoms with Gasteiger partial charge in [-0.05, 0) is 123 Å². The first kappa shape index (κ1) is 55.1. The van der Waals surface area contributed by atoms with Gasteiger partial charge < -0.3 is 33.9 Å². The van der Waals surface area contributed by atoms with Gasteiger partial charge in [-0.15, -0.1) is 0 Å². The van der Waals surface area contributed by atoms with Crippen molar-refractivity contribution in [2.75, 3.05) is 6.61 Å². The van der Waals surface area contributed by atoms with E-state index in [1.165, 1.54) is 13.0 Å². The standard InChI is InChI=1S/C51H63N6O12PS/c1-34(52-45(59)41(33-65-49(2,3)4)57-71(63,64)42-27-19-21-36-20-17-18-26-40(36)42)44(58)54-43(70(62,68-38-22-13-11-14-23-38)69-39-24-15-12-16-25-39)32-35-28-30-37(31-29-35)53-46(55-47(60)66-50(5,6)7)56-48(61)67-51(8,9)10/h11-31,34,41,43,57H,32-33H2,1-10H3,(H,52,59)(H,54,58)(H2,53,55,56,60,61)/t34-,41+,43?/m0/s1. The average Bonchev–Trinajstić information content (AvgIpc) is 3.26. The normalized spacial score (nSPS) is 13.4. The van der Waals surface area contributed by atoms with E-state index in [1.807, 2.05) is 0 Å². The summed E-state index contributed by atoms with van der Waals surface area (Å²) < 4.78 is 74.7.